The van der Waals surface area contributed by atoms with E-state index in [0.29, 0.717) is 23.3 Å². The first kappa shape index (κ1) is 12.2. The van der Waals surface area contributed by atoms with Crippen molar-refractivity contribution in [3.05, 3.63) is 24.0 Å². The minimum absolute atomic E-state index is 0. The fraction of sp³-hybridized carbons (Fsp3) is 0.500. The van der Waals surface area contributed by atoms with Crippen LogP contribution in [0.1, 0.15) is 12.1 Å². The van der Waals surface area contributed by atoms with Gasteiger partial charge in [-0.25, -0.2) is 4.98 Å². The highest BCUT2D eigenvalue weighted by molar-refractivity contribution is 5.85. The average Bonchev–Trinajstić information content (AvgIpc) is 2.37. The van der Waals surface area contributed by atoms with E-state index in [1.165, 1.54) is 6.42 Å². The Morgan fingerprint density at radius 1 is 1.41 bits per heavy atom. The van der Waals surface area contributed by atoms with Gasteiger partial charge in [-0.05, 0) is 18.6 Å². The van der Waals surface area contributed by atoms with Crippen molar-refractivity contribution >= 4 is 12.4 Å². The third kappa shape index (κ3) is 2.08. The molecule has 2 bridgehead atoms. The Kier molecular flexibility index (Phi) is 3.51. The van der Waals surface area contributed by atoms with Crippen LogP contribution in [0.2, 0.25) is 0 Å². The monoisotopic (exact) mass is 251 g/mol. The third-order valence-electron chi connectivity index (χ3n) is 3.49. The summed E-state index contributed by atoms with van der Waals surface area (Å²) in [6, 6.07) is 5.70. The maximum atomic E-state index is 8.92. The van der Waals surface area contributed by atoms with E-state index in [1.807, 2.05) is 12.1 Å². The Hall–Kier alpha value is -1.31. The Morgan fingerprint density at radius 3 is 2.82 bits per heavy atom. The van der Waals surface area contributed by atoms with Crippen LogP contribution in [0.4, 0.5) is 0 Å². The second kappa shape index (κ2) is 4.91. The predicted molar refractivity (Wildman–Crippen MR) is 65.1 cm³/mol. The van der Waals surface area contributed by atoms with E-state index in [-0.39, 0.29) is 18.5 Å². The second-order valence-electron chi connectivity index (χ2n) is 4.46. The van der Waals surface area contributed by atoms with Gasteiger partial charge in [0.1, 0.15) is 12.2 Å². The quantitative estimate of drug-likeness (QED) is 0.862. The summed E-state index contributed by atoms with van der Waals surface area (Å²) in [5.41, 5.74) is 0.389. The number of rotatable bonds is 2. The first-order valence-electron chi connectivity index (χ1n) is 5.61. The SMILES string of the molecule is Cl.N#Cc1ncccc1OC1[C@@H]2CNC[C@H]1C2. The van der Waals surface area contributed by atoms with Gasteiger partial charge in [-0.1, -0.05) is 0 Å². The predicted octanol–water partition coefficient (Wildman–Crippen LogP) is 1.36. The van der Waals surface area contributed by atoms with Gasteiger partial charge in [0, 0.05) is 31.1 Å². The first-order chi connectivity index (χ1) is 7.88. The van der Waals surface area contributed by atoms with E-state index in [1.54, 1.807) is 6.20 Å². The van der Waals surface area contributed by atoms with Crippen LogP contribution in [0.15, 0.2) is 18.3 Å². The molecule has 4 nitrogen and oxygen atoms in total. The number of nitrogens with zero attached hydrogens (tertiary/aromatic N) is 2. The molecule has 2 fully saturated rings. The van der Waals surface area contributed by atoms with Crippen molar-refractivity contribution in [3.63, 3.8) is 0 Å². The van der Waals surface area contributed by atoms with E-state index in [0.717, 1.165) is 13.1 Å². The lowest BCUT2D eigenvalue weighted by Gasteiger charge is -2.48. The smallest absolute Gasteiger partial charge is 0.182 e. The molecule has 1 unspecified atom stereocenters. The lowest BCUT2D eigenvalue weighted by molar-refractivity contribution is -0.0449. The maximum Gasteiger partial charge on any atom is 0.182 e. The Bertz CT molecular complexity index is 432. The molecule has 1 aromatic heterocycles. The van der Waals surface area contributed by atoms with E-state index < -0.39 is 0 Å². The van der Waals surface area contributed by atoms with Crippen molar-refractivity contribution in [2.24, 2.45) is 11.8 Å². The number of pyridine rings is 1. The topological polar surface area (TPSA) is 57.9 Å². The van der Waals surface area contributed by atoms with Crippen LogP contribution in [0.3, 0.4) is 0 Å². The van der Waals surface area contributed by atoms with Crippen LogP contribution in [-0.4, -0.2) is 24.2 Å². The Morgan fingerprint density at radius 2 is 2.18 bits per heavy atom. The van der Waals surface area contributed by atoms with Gasteiger partial charge in [-0.3, -0.25) is 0 Å². The van der Waals surface area contributed by atoms with Gasteiger partial charge in [-0.2, -0.15) is 5.26 Å². The van der Waals surface area contributed by atoms with Gasteiger partial charge in [0.25, 0.3) is 0 Å². The largest absolute Gasteiger partial charge is 0.487 e. The number of fused-ring (bicyclic) bond motifs is 2. The summed E-state index contributed by atoms with van der Waals surface area (Å²) in [6.07, 6.45) is 3.14. The highest BCUT2D eigenvalue weighted by Crippen LogP contribution is 2.39. The molecule has 5 heteroatoms. The molecule has 3 atom stereocenters. The summed E-state index contributed by atoms with van der Waals surface area (Å²) in [6.45, 7) is 2.06. The molecule has 1 aliphatic heterocycles. The van der Waals surface area contributed by atoms with Crippen LogP contribution in [-0.2, 0) is 0 Å². The molecule has 2 heterocycles. The number of halogens is 1. The Labute approximate surface area is 106 Å². The number of nitriles is 1. The summed E-state index contributed by atoms with van der Waals surface area (Å²) in [7, 11) is 0. The molecule has 3 rings (SSSR count). The van der Waals surface area contributed by atoms with E-state index in [4.69, 9.17) is 10.00 Å². The van der Waals surface area contributed by atoms with Crippen LogP contribution in [0, 0.1) is 23.2 Å². The number of ether oxygens (including phenoxy) is 1. The van der Waals surface area contributed by atoms with Gasteiger partial charge in [-0.15, -0.1) is 12.4 Å². The average molecular weight is 252 g/mol. The molecule has 0 spiro atoms. The number of aromatic nitrogens is 1. The number of hydrogen-bond acceptors (Lipinski definition) is 4. The minimum Gasteiger partial charge on any atom is -0.487 e. The standard InChI is InChI=1S/C12H13N3O.ClH/c13-5-10-11(2-1-3-15-10)16-12-8-4-9(12)7-14-6-8;/h1-3,8-9,12,14H,4,6-7H2;1H/t8-,9+,12?;. The second-order valence-corrected chi connectivity index (χ2v) is 4.46. The number of piperidine rings is 2. The van der Waals surface area contributed by atoms with E-state index in [9.17, 15) is 0 Å². The molecular weight excluding hydrogens is 238 g/mol. The molecule has 2 aliphatic rings. The summed E-state index contributed by atoms with van der Waals surface area (Å²) in [5, 5.41) is 12.3. The molecule has 1 saturated carbocycles. The number of hydrogen-bond donors (Lipinski definition) is 1. The zero-order chi connectivity index (χ0) is 11.0. The lowest BCUT2D eigenvalue weighted by Crippen LogP contribution is -2.59. The van der Waals surface area contributed by atoms with Gasteiger partial charge >= 0.3 is 0 Å². The normalized spacial score (nSPS) is 29.5. The molecule has 0 aromatic carbocycles. The zero-order valence-electron chi connectivity index (χ0n) is 9.30. The summed E-state index contributed by atoms with van der Waals surface area (Å²) < 4.78 is 5.91. The highest BCUT2D eigenvalue weighted by Gasteiger charge is 2.45. The molecule has 0 amide bonds. The molecular formula is C12H14ClN3O. The molecule has 17 heavy (non-hydrogen) atoms. The van der Waals surface area contributed by atoms with Gasteiger partial charge in [0.15, 0.2) is 11.4 Å². The summed E-state index contributed by atoms with van der Waals surface area (Å²) >= 11 is 0. The van der Waals surface area contributed by atoms with Crippen LogP contribution < -0.4 is 10.1 Å². The zero-order valence-corrected chi connectivity index (χ0v) is 10.1. The molecule has 1 saturated heterocycles. The fourth-order valence-corrected chi connectivity index (χ4v) is 2.61. The van der Waals surface area contributed by atoms with Crippen molar-refractivity contribution in [3.8, 4) is 11.8 Å². The molecule has 1 N–H and O–H groups in total. The van der Waals surface area contributed by atoms with E-state index in [2.05, 4.69) is 16.4 Å². The molecule has 0 radical (unpaired) electrons. The van der Waals surface area contributed by atoms with Gasteiger partial charge in [0.2, 0.25) is 0 Å². The van der Waals surface area contributed by atoms with Crippen molar-refractivity contribution in [1.82, 2.24) is 10.3 Å². The summed E-state index contributed by atoms with van der Waals surface area (Å²) in [4.78, 5) is 4.00. The van der Waals surface area contributed by atoms with Gasteiger partial charge in [0.05, 0.1) is 0 Å². The van der Waals surface area contributed by atoms with Crippen LogP contribution in [0.5, 0.6) is 5.75 Å². The Balaban J connectivity index is 0.00000108. The third-order valence-corrected chi connectivity index (χ3v) is 3.49. The number of nitrogens with one attached hydrogen (secondary N) is 1. The van der Waals surface area contributed by atoms with Crippen molar-refractivity contribution in [2.75, 3.05) is 13.1 Å². The lowest BCUT2D eigenvalue weighted by atomic mass is 9.69. The van der Waals surface area contributed by atoms with Gasteiger partial charge < -0.3 is 10.1 Å². The van der Waals surface area contributed by atoms with Crippen molar-refractivity contribution in [1.29, 1.82) is 5.26 Å². The summed E-state index contributed by atoms with van der Waals surface area (Å²) in [5.74, 6) is 1.84. The molecule has 1 aliphatic carbocycles. The van der Waals surface area contributed by atoms with Crippen LogP contribution >= 0.6 is 12.4 Å². The maximum absolute atomic E-state index is 8.92. The minimum atomic E-state index is 0. The van der Waals surface area contributed by atoms with Crippen LogP contribution in [0.25, 0.3) is 0 Å². The first-order valence-corrected chi connectivity index (χ1v) is 5.61. The highest BCUT2D eigenvalue weighted by atomic mass is 35.5. The molecule has 1 aromatic rings. The molecule has 90 valence electrons. The fourth-order valence-electron chi connectivity index (χ4n) is 2.61. The van der Waals surface area contributed by atoms with Crippen molar-refractivity contribution < 1.29 is 4.74 Å². The van der Waals surface area contributed by atoms with E-state index >= 15 is 0 Å². The van der Waals surface area contributed by atoms with Crippen molar-refractivity contribution in [2.45, 2.75) is 12.5 Å².